The van der Waals surface area contributed by atoms with Crippen molar-refractivity contribution in [2.45, 2.75) is 13.8 Å². The molecule has 0 aliphatic rings. The second kappa shape index (κ2) is 8.46. The Hall–Kier alpha value is -3.52. The molecule has 2 heteroatoms. The number of aryl methyl sites for hydroxylation is 2. The minimum absolute atomic E-state index is 0.205. The Morgan fingerprint density at radius 3 is 1.47 bits per heavy atom. The summed E-state index contributed by atoms with van der Waals surface area (Å²) in [4.78, 5) is 0. The molecule has 0 aliphatic heterocycles. The molecule has 148 valence electrons. The predicted octanol–water partition coefficient (Wildman–Crippen LogP) is 8.08. The highest BCUT2D eigenvalue weighted by Gasteiger charge is 2.04. The van der Waals surface area contributed by atoms with Crippen molar-refractivity contribution in [3.8, 4) is 0 Å². The van der Waals surface area contributed by atoms with Crippen LogP contribution in [0.25, 0.3) is 35.1 Å². The fraction of sp³-hybridized carbons (Fsp3) is 0.0714. The molecule has 0 bridgehead atoms. The van der Waals surface area contributed by atoms with E-state index in [0.717, 1.165) is 33.0 Å². The van der Waals surface area contributed by atoms with Gasteiger partial charge in [0.15, 0.2) is 0 Å². The van der Waals surface area contributed by atoms with Crippen LogP contribution in [0, 0.1) is 25.5 Å². The third kappa shape index (κ3) is 4.23. The van der Waals surface area contributed by atoms with Gasteiger partial charge in [0.05, 0.1) is 0 Å². The first-order valence-electron chi connectivity index (χ1n) is 9.91. The maximum absolute atomic E-state index is 13.9. The van der Waals surface area contributed by atoms with Crippen molar-refractivity contribution in [2.75, 3.05) is 0 Å². The van der Waals surface area contributed by atoms with Crippen LogP contribution in [0.2, 0.25) is 0 Å². The molecule has 0 nitrogen and oxygen atoms in total. The average molecular weight is 396 g/mol. The molecule has 0 N–H and O–H groups in total. The Kier molecular flexibility index (Phi) is 5.58. The molecule has 30 heavy (non-hydrogen) atoms. The van der Waals surface area contributed by atoms with Gasteiger partial charge in [0.2, 0.25) is 0 Å². The second-order valence-electron chi connectivity index (χ2n) is 7.48. The molecular formula is C28H22F2. The quantitative estimate of drug-likeness (QED) is 0.306. The molecule has 0 aromatic heterocycles. The molecule has 0 fully saturated rings. The van der Waals surface area contributed by atoms with Gasteiger partial charge in [-0.2, -0.15) is 0 Å². The Bertz CT molecular complexity index is 1180. The van der Waals surface area contributed by atoms with Crippen LogP contribution in [0.15, 0.2) is 72.8 Å². The van der Waals surface area contributed by atoms with Gasteiger partial charge in [0.25, 0.3) is 0 Å². The van der Waals surface area contributed by atoms with E-state index >= 15 is 0 Å². The number of hydrogen-bond donors (Lipinski definition) is 0. The molecule has 0 atom stereocenters. The van der Waals surface area contributed by atoms with Gasteiger partial charge in [-0.25, -0.2) is 8.78 Å². The molecule has 4 rings (SSSR count). The molecule has 0 amide bonds. The van der Waals surface area contributed by atoms with Gasteiger partial charge < -0.3 is 0 Å². The zero-order chi connectivity index (χ0) is 21.1. The molecule has 0 radical (unpaired) electrons. The Balaban J connectivity index is 1.74. The van der Waals surface area contributed by atoms with Gasteiger partial charge in [-0.3, -0.25) is 0 Å². The lowest BCUT2D eigenvalue weighted by atomic mass is 9.97. The van der Waals surface area contributed by atoms with E-state index in [1.807, 2.05) is 60.7 Å². The summed E-state index contributed by atoms with van der Waals surface area (Å²) in [6.45, 7) is 3.51. The lowest BCUT2D eigenvalue weighted by molar-refractivity contribution is 0.618. The van der Waals surface area contributed by atoms with Crippen LogP contribution in [0.5, 0.6) is 0 Å². The third-order valence-electron chi connectivity index (χ3n) is 5.27. The van der Waals surface area contributed by atoms with Gasteiger partial charge in [0.1, 0.15) is 11.6 Å². The van der Waals surface area contributed by atoms with Crippen LogP contribution in [-0.2, 0) is 0 Å². The van der Waals surface area contributed by atoms with E-state index in [1.54, 1.807) is 38.1 Å². The first-order valence-corrected chi connectivity index (χ1v) is 9.91. The van der Waals surface area contributed by atoms with Gasteiger partial charge in [-0.15, -0.1) is 0 Å². The Morgan fingerprint density at radius 2 is 1.03 bits per heavy atom. The maximum atomic E-state index is 13.9. The van der Waals surface area contributed by atoms with E-state index in [2.05, 4.69) is 12.1 Å². The summed E-state index contributed by atoms with van der Waals surface area (Å²) in [5.41, 5.74) is 5.00. The summed E-state index contributed by atoms with van der Waals surface area (Å²) in [6.07, 6.45) is 7.87. The lowest BCUT2D eigenvalue weighted by Gasteiger charge is -2.07. The summed E-state index contributed by atoms with van der Waals surface area (Å²) < 4.78 is 27.7. The molecule has 0 unspecified atom stereocenters. The molecule has 0 saturated carbocycles. The highest BCUT2D eigenvalue weighted by atomic mass is 19.1. The molecule has 0 spiro atoms. The van der Waals surface area contributed by atoms with Gasteiger partial charge >= 0.3 is 0 Å². The average Bonchev–Trinajstić information content (AvgIpc) is 2.75. The molecule has 4 aromatic carbocycles. The van der Waals surface area contributed by atoms with Crippen molar-refractivity contribution in [1.82, 2.24) is 0 Å². The van der Waals surface area contributed by atoms with E-state index in [4.69, 9.17) is 0 Å². The normalized spacial score (nSPS) is 11.7. The maximum Gasteiger partial charge on any atom is 0.126 e. The summed E-state index contributed by atoms with van der Waals surface area (Å²) in [5, 5.41) is 2.22. The number of fused-ring (bicyclic) bond motifs is 1. The second-order valence-corrected chi connectivity index (χ2v) is 7.48. The van der Waals surface area contributed by atoms with Crippen molar-refractivity contribution in [2.24, 2.45) is 0 Å². The first kappa shape index (κ1) is 19.8. The number of halogens is 2. The van der Waals surface area contributed by atoms with Crippen LogP contribution >= 0.6 is 0 Å². The molecule has 0 aliphatic carbocycles. The highest BCUT2D eigenvalue weighted by Crippen LogP contribution is 2.27. The van der Waals surface area contributed by atoms with Crippen molar-refractivity contribution in [3.05, 3.63) is 118 Å². The fourth-order valence-electron chi connectivity index (χ4n) is 3.48. The van der Waals surface area contributed by atoms with Crippen LogP contribution in [-0.4, -0.2) is 0 Å². The summed E-state index contributed by atoms with van der Waals surface area (Å²) >= 11 is 0. The predicted molar refractivity (Wildman–Crippen MR) is 124 cm³/mol. The number of rotatable bonds is 4. The van der Waals surface area contributed by atoms with Crippen molar-refractivity contribution >= 4 is 35.1 Å². The smallest absolute Gasteiger partial charge is 0.126 e. The lowest BCUT2D eigenvalue weighted by Crippen LogP contribution is -1.85. The molecular weight excluding hydrogens is 374 g/mol. The SMILES string of the molecule is Cc1ccc(C=Cc2cccc3cccc(C=Cc4ccc(C)c(F)c4)c23)cc1F. The van der Waals surface area contributed by atoms with Gasteiger partial charge in [0, 0.05) is 0 Å². The minimum atomic E-state index is -0.205. The highest BCUT2D eigenvalue weighted by molar-refractivity contribution is 5.99. The van der Waals surface area contributed by atoms with Crippen LogP contribution < -0.4 is 0 Å². The topological polar surface area (TPSA) is 0 Å². The largest absolute Gasteiger partial charge is 0.207 e. The zero-order valence-electron chi connectivity index (χ0n) is 17.0. The molecule has 0 heterocycles. The summed E-state index contributed by atoms with van der Waals surface area (Å²) in [6, 6.07) is 22.7. The van der Waals surface area contributed by atoms with E-state index in [-0.39, 0.29) is 11.6 Å². The van der Waals surface area contributed by atoms with Crippen molar-refractivity contribution in [1.29, 1.82) is 0 Å². The number of benzene rings is 4. The summed E-state index contributed by atoms with van der Waals surface area (Å²) in [7, 11) is 0. The third-order valence-corrected chi connectivity index (χ3v) is 5.27. The van der Waals surface area contributed by atoms with Crippen LogP contribution in [0.3, 0.4) is 0 Å². The van der Waals surface area contributed by atoms with Crippen LogP contribution in [0.1, 0.15) is 33.4 Å². The van der Waals surface area contributed by atoms with Crippen molar-refractivity contribution < 1.29 is 8.78 Å². The first-order chi connectivity index (χ1) is 14.5. The van der Waals surface area contributed by atoms with Crippen molar-refractivity contribution in [3.63, 3.8) is 0 Å². The number of hydrogen-bond acceptors (Lipinski definition) is 0. The minimum Gasteiger partial charge on any atom is -0.207 e. The standard InChI is InChI=1S/C28H22F2/c1-19-9-11-21(17-26(19)29)13-15-24-7-3-5-23-6-4-8-25(28(23)24)16-14-22-12-10-20(2)27(30)18-22/h3-18H,1-2H3. The van der Waals surface area contributed by atoms with Gasteiger partial charge in [-0.1, -0.05) is 85.0 Å². The summed E-state index contributed by atoms with van der Waals surface area (Å²) in [5.74, 6) is -0.409. The zero-order valence-corrected chi connectivity index (χ0v) is 17.0. The van der Waals surface area contributed by atoms with Gasteiger partial charge in [-0.05, 0) is 70.1 Å². The Morgan fingerprint density at radius 1 is 0.567 bits per heavy atom. The molecule has 0 saturated heterocycles. The van der Waals surface area contributed by atoms with Crippen LogP contribution in [0.4, 0.5) is 8.78 Å². The van der Waals surface area contributed by atoms with E-state index in [1.165, 1.54) is 0 Å². The molecule has 4 aromatic rings. The van der Waals surface area contributed by atoms with E-state index < -0.39 is 0 Å². The fourth-order valence-corrected chi connectivity index (χ4v) is 3.48. The monoisotopic (exact) mass is 396 g/mol. The van der Waals surface area contributed by atoms with E-state index in [0.29, 0.717) is 11.1 Å². The van der Waals surface area contributed by atoms with E-state index in [9.17, 15) is 8.78 Å². The Labute approximate surface area is 175 Å².